The molecule has 1 aliphatic carbocycles. The van der Waals surface area contributed by atoms with Gasteiger partial charge in [0.1, 0.15) is 0 Å². The molecule has 152 valence electrons. The van der Waals surface area contributed by atoms with Crippen molar-refractivity contribution in [2.24, 2.45) is 11.8 Å². The number of hydrogen-bond acceptors (Lipinski definition) is 6. The van der Waals surface area contributed by atoms with E-state index in [9.17, 15) is 24.0 Å². The number of amides is 3. The highest BCUT2D eigenvalue weighted by Crippen LogP contribution is 2.35. The smallest absolute Gasteiger partial charge is 0.308 e. The molecule has 1 aromatic carbocycles. The van der Waals surface area contributed by atoms with Crippen LogP contribution in [-0.2, 0) is 23.9 Å². The summed E-state index contributed by atoms with van der Waals surface area (Å²) in [5.74, 6) is -2.66. The highest BCUT2D eigenvalue weighted by atomic mass is 16.5. The van der Waals surface area contributed by atoms with Crippen molar-refractivity contribution < 1.29 is 28.7 Å². The average Bonchev–Trinajstić information content (AvgIpc) is 2.95. The first kappa shape index (κ1) is 20.4. The number of carbonyl (C=O) groups is 5. The van der Waals surface area contributed by atoms with E-state index in [1.807, 2.05) is 12.2 Å². The summed E-state index contributed by atoms with van der Waals surface area (Å²) in [5.41, 5.74) is 0.694. The Morgan fingerprint density at radius 1 is 1.07 bits per heavy atom. The Morgan fingerprint density at radius 3 is 2.31 bits per heavy atom. The Labute approximate surface area is 167 Å². The Kier molecular flexibility index (Phi) is 6.21. The minimum Gasteiger partial charge on any atom is -0.456 e. The fourth-order valence-electron chi connectivity index (χ4n) is 3.60. The predicted octanol–water partition coefficient (Wildman–Crippen LogP) is 1.71. The topological polar surface area (TPSA) is 110 Å². The molecule has 1 saturated heterocycles. The van der Waals surface area contributed by atoms with E-state index in [2.05, 4.69) is 5.32 Å². The summed E-state index contributed by atoms with van der Waals surface area (Å²) in [6, 6.07) is 6.52. The van der Waals surface area contributed by atoms with Gasteiger partial charge in [0, 0.05) is 12.1 Å². The van der Waals surface area contributed by atoms with Crippen LogP contribution in [0.1, 0.15) is 36.5 Å². The number of para-hydroxylation sites is 1. The molecule has 1 aliphatic heterocycles. The molecule has 29 heavy (non-hydrogen) atoms. The van der Waals surface area contributed by atoms with Crippen molar-refractivity contribution in [3.8, 4) is 0 Å². The van der Waals surface area contributed by atoms with Crippen LogP contribution in [0.5, 0.6) is 0 Å². The molecule has 3 amide bonds. The number of rotatable bonds is 7. The summed E-state index contributed by atoms with van der Waals surface area (Å²) < 4.78 is 4.93. The maximum atomic E-state index is 12.3. The molecular formula is C21H22N2O6. The third kappa shape index (κ3) is 4.59. The Hall–Kier alpha value is -3.29. The number of nitrogens with one attached hydrogen (secondary N) is 1. The number of esters is 1. The lowest BCUT2D eigenvalue weighted by atomic mass is 9.85. The van der Waals surface area contributed by atoms with Crippen molar-refractivity contribution in [3.63, 3.8) is 0 Å². The van der Waals surface area contributed by atoms with Gasteiger partial charge in [-0.3, -0.25) is 28.9 Å². The van der Waals surface area contributed by atoms with Crippen molar-refractivity contribution in [3.05, 3.63) is 42.0 Å². The summed E-state index contributed by atoms with van der Waals surface area (Å²) in [4.78, 5) is 61.3. The molecule has 2 aliphatic rings. The number of carbonyl (C=O) groups excluding carboxylic acids is 5. The van der Waals surface area contributed by atoms with E-state index >= 15 is 0 Å². The molecule has 8 nitrogen and oxygen atoms in total. The molecule has 0 aromatic heterocycles. The number of nitrogens with zero attached hydrogens (tertiary/aromatic N) is 1. The molecule has 0 bridgehead atoms. The number of anilines is 1. The van der Waals surface area contributed by atoms with E-state index < -0.39 is 18.5 Å². The number of allylic oxidation sites excluding steroid dienone is 2. The van der Waals surface area contributed by atoms with Crippen LogP contribution >= 0.6 is 0 Å². The summed E-state index contributed by atoms with van der Waals surface area (Å²) >= 11 is 0. The number of fused-ring (bicyclic) bond motifs is 1. The van der Waals surface area contributed by atoms with Gasteiger partial charge in [0.15, 0.2) is 12.4 Å². The van der Waals surface area contributed by atoms with E-state index in [4.69, 9.17) is 4.74 Å². The van der Waals surface area contributed by atoms with Crippen LogP contribution < -0.4 is 5.32 Å². The lowest BCUT2D eigenvalue weighted by molar-refractivity contribution is -0.148. The highest BCUT2D eigenvalue weighted by Gasteiger charge is 2.46. The first-order valence-electron chi connectivity index (χ1n) is 9.44. The number of ketones is 1. The molecule has 3 rings (SSSR count). The first-order valence-corrected chi connectivity index (χ1v) is 9.44. The van der Waals surface area contributed by atoms with Crippen molar-refractivity contribution in [2.75, 3.05) is 18.5 Å². The summed E-state index contributed by atoms with van der Waals surface area (Å²) in [5, 5.41) is 2.53. The molecule has 0 saturated carbocycles. The third-order valence-corrected chi connectivity index (χ3v) is 5.08. The largest absolute Gasteiger partial charge is 0.456 e. The zero-order valence-corrected chi connectivity index (χ0v) is 16.1. The molecular weight excluding hydrogens is 376 g/mol. The van der Waals surface area contributed by atoms with Crippen molar-refractivity contribution in [2.45, 2.75) is 26.2 Å². The van der Waals surface area contributed by atoms with E-state index in [0.29, 0.717) is 24.1 Å². The maximum absolute atomic E-state index is 12.3. The van der Waals surface area contributed by atoms with Crippen LogP contribution in [0.3, 0.4) is 0 Å². The van der Waals surface area contributed by atoms with Crippen LogP contribution in [0.25, 0.3) is 0 Å². The molecule has 0 unspecified atom stereocenters. The van der Waals surface area contributed by atoms with Gasteiger partial charge in [-0.25, -0.2) is 0 Å². The van der Waals surface area contributed by atoms with E-state index in [-0.39, 0.29) is 42.4 Å². The van der Waals surface area contributed by atoms with Gasteiger partial charge in [-0.05, 0) is 31.9 Å². The molecule has 8 heteroatoms. The van der Waals surface area contributed by atoms with Crippen LogP contribution in [0.4, 0.5) is 5.69 Å². The Bertz CT molecular complexity index is 865. The fourth-order valence-corrected chi connectivity index (χ4v) is 3.60. The van der Waals surface area contributed by atoms with Gasteiger partial charge < -0.3 is 10.1 Å². The molecule has 1 fully saturated rings. The van der Waals surface area contributed by atoms with Crippen molar-refractivity contribution in [1.82, 2.24) is 4.90 Å². The standard InChI is InChI=1S/C21H22N2O6/c1-13(24)14-6-4-5-9-17(14)22-18(25)12-29-19(26)10-11-23-20(27)15-7-2-3-8-16(15)21(23)28/h2-6,9,15-16H,7-8,10-12H2,1H3,(H,22,25)/t15-,16-/m0/s1. The molecule has 1 heterocycles. The first-order chi connectivity index (χ1) is 13.9. The lowest BCUT2D eigenvalue weighted by Gasteiger charge is -2.14. The van der Waals surface area contributed by atoms with Gasteiger partial charge in [0.2, 0.25) is 11.8 Å². The predicted molar refractivity (Wildman–Crippen MR) is 103 cm³/mol. The third-order valence-electron chi connectivity index (χ3n) is 5.08. The maximum Gasteiger partial charge on any atom is 0.308 e. The summed E-state index contributed by atoms with van der Waals surface area (Å²) in [7, 11) is 0. The van der Waals surface area contributed by atoms with Gasteiger partial charge >= 0.3 is 5.97 Å². The minimum atomic E-state index is -0.686. The van der Waals surface area contributed by atoms with Crippen LogP contribution in [0, 0.1) is 11.8 Å². The normalized spacial score (nSPS) is 20.4. The number of hydrogen-bond donors (Lipinski definition) is 1. The van der Waals surface area contributed by atoms with Crippen molar-refractivity contribution >= 4 is 35.2 Å². The quantitative estimate of drug-likeness (QED) is 0.324. The molecule has 0 spiro atoms. The average molecular weight is 398 g/mol. The molecule has 1 aromatic rings. The SMILES string of the molecule is CC(=O)c1ccccc1NC(=O)COC(=O)CCN1C(=O)[C@H]2CC=CC[C@@H]2C1=O. The second kappa shape index (κ2) is 8.81. The second-order valence-electron chi connectivity index (χ2n) is 7.04. The molecule has 1 N–H and O–H groups in total. The van der Waals surface area contributed by atoms with Gasteiger partial charge in [-0.2, -0.15) is 0 Å². The van der Waals surface area contributed by atoms with Gasteiger partial charge in [0.25, 0.3) is 5.91 Å². The minimum absolute atomic E-state index is 0.0573. The summed E-state index contributed by atoms with van der Waals surface area (Å²) in [6.45, 7) is 0.804. The van der Waals surface area contributed by atoms with E-state index in [1.165, 1.54) is 6.92 Å². The van der Waals surface area contributed by atoms with Crippen LogP contribution in [0.15, 0.2) is 36.4 Å². The monoisotopic (exact) mass is 398 g/mol. The number of imide groups is 1. The Morgan fingerprint density at radius 2 is 1.69 bits per heavy atom. The van der Waals surface area contributed by atoms with Gasteiger partial charge in [-0.1, -0.05) is 24.3 Å². The zero-order valence-electron chi connectivity index (χ0n) is 16.1. The number of Topliss-reactive ketones (excluding diaryl/α,β-unsaturated/α-hetero) is 1. The number of ether oxygens (including phenoxy) is 1. The molecule has 2 atom stereocenters. The van der Waals surface area contributed by atoms with E-state index in [0.717, 1.165) is 4.90 Å². The Balaban J connectivity index is 1.46. The van der Waals surface area contributed by atoms with Crippen molar-refractivity contribution in [1.29, 1.82) is 0 Å². The van der Waals surface area contributed by atoms with Crippen LogP contribution in [-0.4, -0.2) is 47.5 Å². The zero-order chi connectivity index (χ0) is 21.0. The number of benzene rings is 1. The van der Waals surface area contributed by atoms with Crippen LogP contribution in [0.2, 0.25) is 0 Å². The summed E-state index contributed by atoms with van der Waals surface area (Å²) in [6.07, 6.45) is 4.69. The second-order valence-corrected chi connectivity index (χ2v) is 7.04. The van der Waals surface area contributed by atoms with Gasteiger partial charge in [0.05, 0.1) is 23.9 Å². The van der Waals surface area contributed by atoms with E-state index in [1.54, 1.807) is 24.3 Å². The fraction of sp³-hybridized carbons (Fsp3) is 0.381. The highest BCUT2D eigenvalue weighted by molar-refractivity contribution is 6.06. The number of likely N-dealkylation sites (tertiary alicyclic amines) is 1. The lowest BCUT2D eigenvalue weighted by Crippen LogP contribution is -2.33. The molecule has 0 radical (unpaired) electrons. The van der Waals surface area contributed by atoms with Gasteiger partial charge in [-0.15, -0.1) is 0 Å².